The second kappa shape index (κ2) is 3.78. The Morgan fingerprint density at radius 1 is 1.70 bits per heavy atom. The Hall–Kier alpha value is -0.290. The molecular weight excluding hydrogens is 166 g/mol. The van der Waals surface area contributed by atoms with Crippen molar-refractivity contribution in [3.8, 4) is 0 Å². The summed E-state index contributed by atoms with van der Waals surface area (Å²) in [7, 11) is 1.89. The number of aromatic nitrogens is 2. The molecule has 0 aliphatic carbocycles. The highest BCUT2D eigenvalue weighted by Gasteiger charge is 2.03. The Morgan fingerprint density at radius 2 is 2.50 bits per heavy atom. The van der Waals surface area contributed by atoms with Crippen LogP contribution < -0.4 is 5.32 Å². The van der Waals surface area contributed by atoms with Crippen LogP contribution in [0, 0.1) is 0 Å². The molecule has 0 amide bonds. The lowest BCUT2D eigenvalue weighted by molar-refractivity contribution is 1.08. The third-order valence-corrected chi connectivity index (χ3v) is 2.41. The maximum absolute atomic E-state index is 3.96. The lowest BCUT2D eigenvalue weighted by atomic mass is 10.5. The first-order valence-corrected chi connectivity index (χ1v) is 5.03. The van der Waals surface area contributed by atoms with Crippen molar-refractivity contribution >= 4 is 28.3 Å². The summed E-state index contributed by atoms with van der Waals surface area (Å²) in [6.07, 6.45) is 2.05. The van der Waals surface area contributed by atoms with Crippen molar-refractivity contribution in [3.63, 3.8) is 0 Å². The summed E-state index contributed by atoms with van der Waals surface area (Å²) in [5.41, 5.74) is 1.06. The Balaban J connectivity index is 2.70. The quantitative estimate of drug-likeness (QED) is 0.754. The highest BCUT2D eigenvalue weighted by molar-refractivity contribution is 7.97. The third kappa shape index (κ3) is 1.60. The molecule has 1 aromatic heterocycles. The smallest absolute Gasteiger partial charge is 0.133 e. The molecule has 5 heteroatoms. The average molecular weight is 175 g/mol. The number of hydrogen-bond donors (Lipinski definition) is 1. The molecule has 0 aliphatic heterocycles. The van der Waals surface area contributed by atoms with E-state index in [1.54, 1.807) is 11.8 Å². The van der Waals surface area contributed by atoms with E-state index in [1.165, 1.54) is 11.5 Å². The minimum Gasteiger partial charge on any atom is -0.377 e. The molecule has 0 aliphatic rings. The molecule has 0 saturated carbocycles. The average Bonchev–Trinajstić information content (AvgIpc) is 2.36. The Bertz CT molecular complexity index is 199. The van der Waals surface area contributed by atoms with Gasteiger partial charge in [-0.25, -0.2) is 0 Å². The van der Waals surface area contributed by atoms with E-state index in [-0.39, 0.29) is 0 Å². The number of rotatable bonds is 3. The molecule has 0 radical (unpaired) electrons. The maximum atomic E-state index is 3.96. The number of anilines is 1. The van der Waals surface area contributed by atoms with Gasteiger partial charge in [-0.1, -0.05) is 4.49 Å². The lowest BCUT2D eigenvalue weighted by Crippen LogP contribution is -1.89. The van der Waals surface area contributed by atoms with Crippen molar-refractivity contribution < 1.29 is 0 Å². The van der Waals surface area contributed by atoms with Crippen molar-refractivity contribution in [2.75, 3.05) is 18.6 Å². The van der Waals surface area contributed by atoms with Crippen molar-refractivity contribution in [1.29, 1.82) is 0 Å². The van der Waals surface area contributed by atoms with Gasteiger partial charge in [0.2, 0.25) is 0 Å². The molecular formula is C5H9N3S2. The SMILES string of the molecule is CNc1snnc1CSC. The first kappa shape index (κ1) is 7.81. The van der Waals surface area contributed by atoms with Crippen LogP contribution >= 0.6 is 23.3 Å². The van der Waals surface area contributed by atoms with Crippen LogP contribution in [0.5, 0.6) is 0 Å². The van der Waals surface area contributed by atoms with Gasteiger partial charge in [0.05, 0.1) is 0 Å². The topological polar surface area (TPSA) is 37.8 Å². The first-order chi connectivity index (χ1) is 4.88. The summed E-state index contributed by atoms with van der Waals surface area (Å²) in [6.45, 7) is 0. The van der Waals surface area contributed by atoms with E-state index in [2.05, 4.69) is 21.2 Å². The zero-order chi connectivity index (χ0) is 7.40. The fourth-order valence-electron chi connectivity index (χ4n) is 0.630. The molecule has 1 heterocycles. The Kier molecular flexibility index (Phi) is 2.95. The van der Waals surface area contributed by atoms with Crippen molar-refractivity contribution in [2.24, 2.45) is 0 Å². The van der Waals surface area contributed by atoms with Gasteiger partial charge < -0.3 is 5.32 Å². The van der Waals surface area contributed by atoms with Crippen LogP contribution in [0.15, 0.2) is 0 Å². The molecule has 10 heavy (non-hydrogen) atoms. The molecule has 0 bridgehead atoms. The lowest BCUT2D eigenvalue weighted by Gasteiger charge is -1.94. The molecule has 0 unspecified atom stereocenters. The normalized spacial score (nSPS) is 9.80. The van der Waals surface area contributed by atoms with E-state index in [0.29, 0.717) is 0 Å². The Labute approximate surface area is 68.4 Å². The number of nitrogens with zero attached hydrogens (tertiary/aromatic N) is 2. The molecule has 1 N–H and O–H groups in total. The molecule has 0 atom stereocenters. The van der Waals surface area contributed by atoms with Gasteiger partial charge in [-0.15, -0.1) is 5.10 Å². The van der Waals surface area contributed by atoms with E-state index < -0.39 is 0 Å². The van der Waals surface area contributed by atoms with Gasteiger partial charge in [0.1, 0.15) is 10.7 Å². The second-order valence-corrected chi connectivity index (χ2v) is 3.35. The van der Waals surface area contributed by atoms with Gasteiger partial charge in [-0.2, -0.15) is 11.8 Å². The van der Waals surface area contributed by atoms with E-state index in [1.807, 2.05) is 7.05 Å². The zero-order valence-electron chi connectivity index (χ0n) is 5.92. The van der Waals surface area contributed by atoms with E-state index in [4.69, 9.17) is 0 Å². The molecule has 1 rings (SSSR count). The summed E-state index contributed by atoms with van der Waals surface area (Å²) in [6, 6.07) is 0. The zero-order valence-corrected chi connectivity index (χ0v) is 7.55. The molecule has 0 fully saturated rings. The van der Waals surface area contributed by atoms with Crippen LogP contribution in [-0.4, -0.2) is 22.9 Å². The fourth-order valence-corrected chi connectivity index (χ4v) is 1.73. The van der Waals surface area contributed by atoms with Gasteiger partial charge in [0, 0.05) is 24.3 Å². The van der Waals surface area contributed by atoms with Crippen LogP contribution in [-0.2, 0) is 5.75 Å². The van der Waals surface area contributed by atoms with Gasteiger partial charge in [-0.3, -0.25) is 0 Å². The number of hydrogen-bond acceptors (Lipinski definition) is 5. The van der Waals surface area contributed by atoms with Crippen molar-refractivity contribution in [1.82, 2.24) is 9.59 Å². The van der Waals surface area contributed by atoms with Crippen LogP contribution in [0.2, 0.25) is 0 Å². The van der Waals surface area contributed by atoms with Crippen molar-refractivity contribution in [3.05, 3.63) is 5.69 Å². The summed E-state index contributed by atoms with van der Waals surface area (Å²) < 4.78 is 3.83. The second-order valence-electron chi connectivity index (χ2n) is 1.73. The Morgan fingerprint density at radius 3 is 3.10 bits per heavy atom. The van der Waals surface area contributed by atoms with Gasteiger partial charge in [0.15, 0.2) is 0 Å². The van der Waals surface area contributed by atoms with Crippen LogP contribution in [0.3, 0.4) is 0 Å². The monoisotopic (exact) mass is 175 g/mol. The summed E-state index contributed by atoms with van der Waals surface area (Å²) >= 11 is 3.16. The van der Waals surface area contributed by atoms with Gasteiger partial charge in [0.25, 0.3) is 0 Å². The molecule has 56 valence electrons. The molecule has 0 aromatic carbocycles. The largest absolute Gasteiger partial charge is 0.377 e. The minimum absolute atomic E-state index is 0.937. The minimum atomic E-state index is 0.937. The summed E-state index contributed by atoms with van der Waals surface area (Å²) in [5, 5.41) is 8.08. The highest BCUT2D eigenvalue weighted by atomic mass is 32.2. The predicted molar refractivity (Wildman–Crippen MR) is 46.7 cm³/mol. The number of nitrogens with one attached hydrogen (secondary N) is 1. The van der Waals surface area contributed by atoms with Crippen LogP contribution in [0.1, 0.15) is 5.69 Å². The molecule has 1 aromatic rings. The van der Waals surface area contributed by atoms with Crippen LogP contribution in [0.4, 0.5) is 5.00 Å². The van der Waals surface area contributed by atoms with Crippen LogP contribution in [0.25, 0.3) is 0 Å². The van der Waals surface area contributed by atoms with E-state index >= 15 is 0 Å². The first-order valence-electron chi connectivity index (χ1n) is 2.86. The standard InChI is InChI=1S/C5H9N3S2/c1-6-5-4(3-9-2)7-8-10-5/h6H,3H2,1-2H3. The molecule has 0 saturated heterocycles. The van der Waals surface area contributed by atoms with E-state index in [9.17, 15) is 0 Å². The maximum Gasteiger partial charge on any atom is 0.133 e. The highest BCUT2D eigenvalue weighted by Crippen LogP contribution is 2.19. The number of thioether (sulfide) groups is 1. The van der Waals surface area contributed by atoms with Crippen molar-refractivity contribution in [2.45, 2.75) is 5.75 Å². The molecule has 3 nitrogen and oxygen atoms in total. The molecule has 0 spiro atoms. The summed E-state index contributed by atoms with van der Waals surface area (Å²) in [4.78, 5) is 0. The van der Waals surface area contributed by atoms with Gasteiger partial charge >= 0.3 is 0 Å². The van der Waals surface area contributed by atoms with Gasteiger partial charge in [-0.05, 0) is 6.26 Å². The third-order valence-electron chi connectivity index (χ3n) is 1.06. The predicted octanol–water partition coefficient (Wildman–Crippen LogP) is 1.44. The van der Waals surface area contributed by atoms with E-state index in [0.717, 1.165) is 16.4 Å². The fraction of sp³-hybridized carbons (Fsp3) is 0.600. The summed E-state index contributed by atoms with van der Waals surface area (Å²) in [5.74, 6) is 0.937.